The number of aryl methyl sites for hydroxylation is 1. The maximum Gasteiger partial charge on any atom is 0.241 e. The number of hydrogen-bond donors (Lipinski definition) is 2. The zero-order valence-electron chi connectivity index (χ0n) is 11.4. The van der Waals surface area contributed by atoms with Crippen LogP contribution in [0.3, 0.4) is 0 Å². The lowest BCUT2D eigenvalue weighted by Crippen LogP contribution is -2.39. The molecule has 1 aromatic rings. The molecule has 1 amide bonds. The van der Waals surface area contributed by atoms with Gasteiger partial charge in [-0.3, -0.25) is 9.48 Å². The van der Waals surface area contributed by atoms with Crippen molar-refractivity contribution < 1.29 is 4.79 Å². The fourth-order valence-corrected chi connectivity index (χ4v) is 3.35. The quantitative estimate of drug-likeness (QED) is 0.872. The highest BCUT2D eigenvalue weighted by Crippen LogP contribution is 2.33. The Morgan fingerprint density at radius 1 is 1.53 bits per heavy atom. The minimum absolute atomic E-state index is 0.0296. The normalized spacial score (nSPS) is 30.1. The molecule has 2 heterocycles. The van der Waals surface area contributed by atoms with Crippen molar-refractivity contribution in [3.8, 4) is 0 Å². The fraction of sp³-hybridized carbons (Fsp3) is 0.714. The van der Waals surface area contributed by atoms with Gasteiger partial charge in [0.2, 0.25) is 5.91 Å². The second kappa shape index (κ2) is 5.33. The Morgan fingerprint density at radius 3 is 3.11 bits per heavy atom. The molecule has 0 bridgehead atoms. The number of amides is 1. The maximum atomic E-state index is 12.2. The van der Waals surface area contributed by atoms with E-state index in [2.05, 4.69) is 15.7 Å². The van der Waals surface area contributed by atoms with Crippen molar-refractivity contribution in [1.29, 1.82) is 0 Å². The predicted octanol–water partition coefficient (Wildman–Crippen LogP) is 1.76. The molecular weight excluding hydrogens is 240 g/mol. The Labute approximate surface area is 113 Å². The summed E-state index contributed by atoms with van der Waals surface area (Å²) in [5, 5.41) is 10.6. The van der Waals surface area contributed by atoms with E-state index in [1.807, 2.05) is 17.8 Å². The van der Waals surface area contributed by atoms with Crippen molar-refractivity contribution in [2.24, 2.45) is 5.92 Å². The average molecular weight is 262 g/mol. The first-order valence-corrected chi connectivity index (χ1v) is 7.35. The molecule has 1 aliphatic carbocycles. The lowest BCUT2D eigenvalue weighted by molar-refractivity contribution is -0.117. The van der Waals surface area contributed by atoms with Gasteiger partial charge in [0, 0.05) is 18.8 Å². The Bertz CT molecular complexity index is 442. The summed E-state index contributed by atoms with van der Waals surface area (Å²) in [5.41, 5.74) is 0.795. The number of rotatable bonds is 3. The summed E-state index contributed by atoms with van der Waals surface area (Å²) in [4.78, 5) is 12.2. The highest BCUT2D eigenvalue weighted by Gasteiger charge is 2.38. The van der Waals surface area contributed by atoms with Gasteiger partial charge in [0.05, 0.1) is 17.9 Å². The number of anilines is 1. The summed E-state index contributed by atoms with van der Waals surface area (Å²) in [7, 11) is 0. The van der Waals surface area contributed by atoms with Gasteiger partial charge in [0.1, 0.15) is 0 Å². The van der Waals surface area contributed by atoms with Gasteiger partial charge < -0.3 is 10.6 Å². The molecule has 1 aliphatic heterocycles. The Kier molecular flexibility index (Phi) is 3.55. The second-order valence-corrected chi connectivity index (χ2v) is 5.68. The van der Waals surface area contributed by atoms with Crippen molar-refractivity contribution in [2.75, 3.05) is 5.32 Å². The van der Waals surface area contributed by atoms with Gasteiger partial charge in [-0.05, 0) is 32.1 Å². The monoisotopic (exact) mass is 262 g/mol. The average Bonchev–Trinajstić information content (AvgIpc) is 3.04. The van der Waals surface area contributed by atoms with Crippen LogP contribution in [0.4, 0.5) is 5.69 Å². The molecule has 1 aromatic heterocycles. The minimum Gasteiger partial charge on any atom is -0.322 e. The van der Waals surface area contributed by atoms with Crippen LogP contribution < -0.4 is 10.6 Å². The molecule has 5 heteroatoms. The molecule has 2 fully saturated rings. The first-order chi connectivity index (χ1) is 9.26. The van der Waals surface area contributed by atoms with E-state index in [4.69, 9.17) is 0 Å². The van der Waals surface area contributed by atoms with Crippen molar-refractivity contribution in [2.45, 2.75) is 57.7 Å². The topological polar surface area (TPSA) is 59.0 Å². The van der Waals surface area contributed by atoms with Crippen LogP contribution in [0.5, 0.6) is 0 Å². The molecule has 0 radical (unpaired) electrons. The zero-order valence-corrected chi connectivity index (χ0v) is 11.4. The SMILES string of the molecule is CCn1cc(NC(=O)C2CC3CCCCC3N2)cn1. The van der Waals surface area contributed by atoms with Crippen molar-refractivity contribution >= 4 is 11.6 Å². The number of fused-ring (bicyclic) bond motifs is 1. The molecule has 0 spiro atoms. The molecular formula is C14H22N4O. The third-order valence-electron chi connectivity index (χ3n) is 4.40. The Morgan fingerprint density at radius 2 is 2.37 bits per heavy atom. The number of carbonyl (C=O) groups is 1. The first-order valence-electron chi connectivity index (χ1n) is 7.35. The summed E-state index contributed by atoms with van der Waals surface area (Å²) < 4.78 is 1.82. The fourth-order valence-electron chi connectivity index (χ4n) is 3.35. The van der Waals surface area contributed by atoms with Gasteiger partial charge in [-0.2, -0.15) is 5.10 Å². The molecule has 19 heavy (non-hydrogen) atoms. The third kappa shape index (κ3) is 2.66. The van der Waals surface area contributed by atoms with Gasteiger partial charge in [-0.15, -0.1) is 0 Å². The van der Waals surface area contributed by atoms with Crippen LogP contribution in [0.1, 0.15) is 39.0 Å². The highest BCUT2D eigenvalue weighted by molar-refractivity contribution is 5.94. The van der Waals surface area contributed by atoms with E-state index in [0.29, 0.717) is 12.0 Å². The standard InChI is InChI=1S/C14H22N4O/c1-2-18-9-11(8-15-18)16-14(19)13-7-10-5-3-4-6-12(10)17-13/h8-10,12-13,17H,2-7H2,1H3,(H,16,19). The van der Waals surface area contributed by atoms with Gasteiger partial charge in [-0.1, -0.05) is 12.8 Å². The summed E-state index contributed by atoms with van der Waals surface area (Å²) in [5.74, 6) is 0.785. The molecule has 2 N–H and O–H groups in total. The molecule has 0 aromatic carbocycles. The number of hydrogen-bond acceptors (Lipinski definition) is 3. The zero-order chi connectivity index (χ0) is 13.2. The number of nitrogens with one attached hydrogen (secondary N) is 2. The van der Waals surface area contributed by atoms with Crippen LogP contribution in [0.15, 0.2) is 12.4 Å². The molecule has 1 saturated carbocycles. The summed E-state index contributed by atoms with van der Waals surface area (Å²) in [6, 6.07) is 0.529. The maximum absolute atomic E-state index is 12.2. The van der Waals surface area contributed by atoms with Crippen molar-refractivity contribution in [3.63, 3.8) is 0 Å². The number of carbonyl (C=O) groups excluding carboxylic acids is 1. The molecule has 3 atom stereocenters. The molecule has 5 nitrogen and oxygen atoms in total. The van der Waals surface area contributed by atoms with Crippen molar-refractivity contribution in [1.82, 2.24) is 15.1 Å². The van der Waals surface area contributed by atoms with E-state index in [1.165, 1.54) is 25.7 Å². The Balaban J connectivity index is 1.58. The number of nitrogens with zero attached hydrogens (tertiary/aromatic N) is 2. The van der Waals surface area contributed by atoms with E-state index < -0.39 is 0 Å². The van der Waals surface area contributed by atoms with E-state index in [-0.39, 0.29) is 11.9 Å². The molecule has 3 rings (SSSR count). The Hall–Kier alpha value is -1.36. The summed E-state index contributed by atoms with van der Waals surface area (Å²) in [6.45, 7) is 2.85. The van der Waals surface area contributed by atoms with Gasteiger partial charge in [0.25, 0.3) is 0 Å². The van der Waals surface area contributed by atoms with E-state index in [9.17, 15) is 4.79 Å². The van der Waals surface area contributed by atoms with Gasteiger partial charge in [0.15, 0.2) is 0 Å². The predicted molar refractivity (Wildman–Crippen MR) is 73.8 cm³/mol. The smallest absolute Gasteiger partial charge is 0.241 e. The van der Waals surface area contributed by atoms with Crippen molar-refractivity contribution in [3.05, 3.63) is 12.4 Å². The van der Waals surface area contributed by atoms with Crippen LogP contribution in [0.25, 0.3) is 0 Å². The van der Waals surface area contributed by atoms with E-state index >= 15 is 0 Å². The van der Waals surface area contributed by atoms with E-state index in [0.717, 1.165) is 18.7 Å². The minimum atomic E-state index is -0.0296. The summed E-state index contributed by atoms with van der Waals surface area (Å²) in [6.07, 6.45) is 9.69. The van der Waals surface area contributed by atoms with Crippen LogP contribution in [0, 0.1) is 5.92 Å². The van der Waals surface area contributed by atoms with Gasteiger partial charge >= 0.3 is 0 Å². The second-order valence-electron chi connectivity index (χ2n) is 5.68. The van der Waals surface area contributed by atoms with E-state index in [1.54, 1.807) is 6.20 Å². The lowest BCUT2D eigenvalue weighted by atomic mass is 9.85. The molecule has 2 aliphatic rings. The lowest BCUT2D eigenvalue weighted by Gasteiger charge is -2.24. The molecule has 1 saturated heterocycles. The van der Waals surface area contributed by atoms with Crippen LogP contribution in [-0.2, 0) is 11.3 Å². The third-order valence-corrected chi connectivity index (χ3v) is 4.40. The molecule has 3 unspecified atom stereocenters. The largest absolute Gasteiger partial charge is 0.322 e. The first kappa shape index (κ1) is 12.7. The number of aromatic nitrogens is 2. The molecule has 104 valence electrons. The highest BCUT2D eigenvalue weighted by atomic mass is 16.2. The van der Waals surface area contributed by atoms with Gasteiger partial charge in [-0.25, -0.2) is 0 Å². The van der Waals surface area contributed by atoms with Crippen LogP contribution >= 0.6 is 0 Å². The summed E-state index contributed by atoms with van der Waals surface area (Å²) >= 11 is 0. The van der Waals surface area contributed by atoms with Crippen LogP contribution in [-0.4, -0.2) is 27.8 Å². The van der Waals surface area contributed by atoms with Crippen LogP contribution in [0.2, 0.25) is 0 Å².